The molecule has 0 unspecified atom stereocenters. The summed E-state index contributed by atoms with van der Waals surface area (Å²) in [4.78, 5) is 4.53. The van der Waals surface area contributed by atoms with E-state index in [4.69, 9.17) is 17.3 Å². The minimum atomic E-state index is -0.642. The average molecular weight is 284 g/mol. The predicted molar refractivity (Wildman–Crippen MR) is 80.8 cm³/mol. The molecule has 0 amide bonds. The molecule has 1 aromatic carbocycles. The maximum atomic E-state index is 9.84. The summed E-state index contributed by atoms with van der Waals surface area (Å²) >= 11 is 6.03. The lowest BCUT2D eigenvalue weighted by Crippen LogP contribution is -2.50. The van der Waals surface area contributed by atoms with E-state index in [1.807, 2.05) is 32.0 Å². The number of benzene rings is 1. The number of nitrogen functional groups attached to an aromatic ring is 1. The van der Waals surface area contributed by atoms with Gasteiger partial charge in [-0.15, -0.1) is 0 Å². The molecule has 0 atom stereocenters. The van der Waals surface area contributed by atoms with E-state index in [2.05, 4.69) is 9.80 Å². The van der Waals surface area contributed by atoms with Gasteiger partial charge >= 0.3 is 0 Å². The van der Waals surface area contributed by atoms with Crippen molar-refractivity contribution < 1.29 is 5.11 Å². The molecule has 0 radical (unpaired) electrons. The second kappa shape index (κ2) is 5.57. The van der Waals surface area contributed by atoms with Crippen LogP contribution in [0.25, 0.3) is 0 Å². The monoisotopic (exact) mass is 283 g/mol. The van der Waals surface area contributed by atoms with Gasteiger partial charge in [-0.3, -0.25) is 4.90 Å². The maximum Gasteiger partial charge on any atom is 0.0718 e. The van der Waals surface area contributed by atoms with Gasteiger partial charge in [0.05, 0.1) is 17.0 Å². The van der Waals surface area contributed by atoms with E-state index in [1.165, 1.54) is 0 Å². The number of nitrogens with zero attached hydrogens (tertiary/aromatic N) is 2. The highest BCUT2D eigenvalue weighted by molar-refractivity contribution is 6.31. The van der Waals surface area contributed by atoms with Gasteiger partial charge in [-0.25, -0.2) is 0 Å². The molecule has 1 aliphatic heterocycles. The summed E-state index contributed by atoms with van der Waals surface area (Å²) in [6.07, 6.45) is 0. The van der Waals surface area contributed by atoms with Gasteiger partial charge in [0.1, 0.15) is 0 Å². The number of halogens is 1. The largest absolute Gasteiger partial charge is 0.397 e. The standard InChI is InChI=1S/C14H22ClN3O/c1-14(2,19)10-17-5-7-18(8-6-17)13-9-11(15)3-4-12(13)16/h3-4,9,19H,5-8,10,16H2,1-2H3. The van der Waals surface area contributed by atoms with Gasteiger partial charge in [0, 0.05) is 37.7 Å². The van der Waals surface area contributed by atoms with Crippen LogP contribution in [0.3, 0.4) is 0 Å². The molecular formula is C14H22ClN3O. The summed E-state index contributed by atoms with van der Waals surface area (Å²) < 4.78 is 0. The lowest BCUT2D eigenvalue weighted by molar-refractivity contribution is 0.0345. The summed E-state index contributed by atoms with van der Waals surface area (Å²) in [5.74, 6) is 0. The van der Waals surface area contributed by atoms with Gasteiger partial charge in [-0.2, -0.15) is 0 Å². The fourth-order valence-electron chi connectivity index (χ4n) is 2.48. The van der Waals surface area contributed by atoms with E-state index in [9.17, 15) is 5.11 Å². The van der Waals surface area contributed by atoms with Crippen molar-refractivity contribution in [3.63, 3.8) is 0 Å². The van der Waals surface area contributed by atoms with Crippen LogP contribution in [0.1, 0.15) is 13.8 Å². The molecule has 0 spiro atoms. The molecule has 19 heavy (non-hydrogen) atoms. The molecule has 1 aromatic rings. The normalized spacial score (nSPS) is 17.8. The van der Waals surface area contributed by atoms with Crippen LogP contribution in [0.4, 0.5) is 11.4 Å². The second-order valence-corrected chi connectivity index (χ2v) is 6.22. The Labute approximate surface area is 119 Å². The van der Waals surface area contributed by atoms with Gasteiger partial charge in [-0.1, -0.05) is 11.6 Å². The molecule has 0 saturated carbocycles. The van der Waals surface area contributed by atoms with Crippen molar-refractivity contribution in [1.82, 2.24) is 4.90 Å². The summed E-state index contributed by atoms with van der Waals surface area (Å²) in [5.41, 5.74) is 7.14. The Balaban J connectivity index is 1.98. The number of piperazine rings is 1. The van der Waals surface area contributed by atoms with Gasteiger partial charge in [-0.05, 0) is 32.0 Å². The third-order valence-corrected chi connectivity index (χ3v) is 3.55. The fraction of sp³-hybridized carbons (Fsp3) is 0.571. The number of rotatable bonds is 3. The van der Waals surface area contributed by atoms with Crippen molar-refractivity contribution in [3.8, 4) is 0 Å². The van der Waals surface area contributed by atoms with Crippen molar-refractivity contribution in [1.29, 1.82) is 0 Å². The summed E-state index contributed by atoms with van der Waals surface area (Å²) in [5, 5.41) is 10.6. The Kier molecular flexibility index (Phi) is 4.23. The SMILES string of the molecule is CC(C)(O)CN1CCN(c2cc(Cl)ccc2N)CC1. The van der Waals surface area contributed by atoms with Crippen LogP contribution < -0.4 is 10.6 Å². The summed E-state index contributed by atoms with van der Waals surface area (Å²) in [6.45, 7) is 8.04. The zero-order valence-electron chi connectivity index (χ0n) is 11.6. The van der Waals surface area contributed by atoms with Crippen molar-refractivity contribution in [2.75, 3.05) is 43.4 Å². The quantitative estimate of drug-likeness (QED) is 0.831. The Bertz CT molecular complexity index is 437. The van der Waals surface area contributed by atoms with E-state index in [0.717, 1.165) is 37.6 Å². The van der Waals surface area contributed by atoms with Gasteiger partial charge < -0.3 is 15.7 Å². The van der Waals surface area contributed by atoms with E-state index in [-0.39, 0.29) is 0 Å². The van der Waals surface area contributed by atoms with E-state index in [0.29, 0.717) is 11.6 Å². The topological polar surface area (TPSA) is 52.7 Å². The number of anilines is 2. The molecule has 1 aliphatic rings. The first kappa shape index (κ1) is 14.4. The Morgan fingerprint density at radius 1 is 1.26 bits per heavy atom. The third-order valence-electron chi connectivity index (χ3n) is 3.32. The van der Waals surface area contributed by atoms with Crippen LogP contribution >= 0.6 is 11.6 Å². The molecule has 5 heteroatoms. The first-order valence-corrected chi connectivity index (χ1v) is 6.98. The maximum absolute atomic E-state index is 9.84. The smallest absolute Gasteiger partial charge is 0.0718 e. The highest BCUT2D eigenvalue weighted by Gasteiger charge is 2.23. The fourth-order valence-corrected chi connectivity index (χ4v) is 2.65. The van der Waals surface area contributed by atoms with Crippen LogP contribution in [0.2, 0.25) is 5.02 Å². The molecule has 3 N–H and O–H groups in total. The van der Waals surface area contributed by atoms with Crippen molar-refractivity contribution >= 4 is 23.0 Å². The van der Waals surface area contributed by atoms with Gasteiger partial charge in [0.15, 0.2) is 0 Å². The van der Waals surface area contributed by atoms with Crippen LogP contribution in [-0.2, 0) is 0 Å². The number of hydrogen-bond acceptors (Lipinski definition) is 4. The zero-order chi connectivity index (χ0) is 14.0. The van der Waals surface area contributed by atoms with Crippen LogP contribution in [-0.4, -0.2) is 48.3 Å². The third kappa shape index (κ3) is 4.00. The lowest BCUT2D eigenvalue weighted by Gasteiger charge is -2.38. The van der Waals surface area contributed by atoms with Crippen molar-refractivity contribution in [3.05, 3.63) is 23.2 Å². The molecule has 1 heterocycles. The highest BCUT2D eigenvalue weighted by Crippen LogP contribution is 2.27. The summed E-state index contributed by atoms with van der Waals surface area (Å²) in [7, 11) is 0. The molecule has 0 aliphatic carbocycles. The molecule has 0 aromatic heterocycles. The Morgan fingerprint density at radius 3 is 2.47 bits per heavy atom. The number of aliphatic hydroxyl groups is 1. The lowest BCUT2D eigenvalue weighted by atomic mass is 10.1. The average Bonchev–Trinajstić information content (AvgIpc) is 2.31. The Hall–Kier alpha value is -0.970. The van der Waals surface area contributed by atoms with Gasteiger partial charge in [0.2, 0.25) is 0 Å². The minimum Gasteiger partial charge on any atom is -0.397 e. The van der Waals surface area contributed by atoms with Crippen molar-refractivity contribution in [2.45, 2.75) is 19.4 Å². The van der Waals surface area contributed by atoms with E-state index >= 15 is 0 Å². The minimum absolute atomic E-state index is 0.642. The number of nitrogens with two attached hydrogens (primary N) is 1. The van der Waals surface area contributed by atoms with E-state index in [1.54, 1.807) is 0 Å². The van der Waals surface area contributed by atoms with E-state index < -0.39 is 5.60 Å². The molecule has 4 nitrogen and oxygen atoms in total. The van der Waals surface area contributed by atoms with Crippen LogP contribution in [0.15, 0.2) is 18.2 Å². The Morgan fingerprint density at radius 2 is 1.89 bits per heavy atom. The van der Waals surface area contributed by atoms with Crippen molar-refractivity contribution in [2.24, 2.45) is 0 Å². The first-order chi connectivity index (χ1) is 8.85. The zero-order valence-corrected chi connectivity index (χ0v) is 12.3. The molecule has 106 valence electrons. The molecule has 2 rings (SSSR count). The number of β-amino-alcohol motifs (C(OH)–C–C–N with tert-alkyl or cyclic N) is 1. The number of hydrogen-bond donors (Lipinski definition) is 2. The predicted octanol–water partition coefficient (Wildman–Crippen LogP) is 1.82. The summed E-state index contributed by atoms with van der Waals surface area (Å²) in [6, 6.07) is 5.58. The second-order valence-electron chi connectivity index (χ2n) is 5.78. The molecule has 1 saturated heterocycles. The molecule has 1 fully saturated rings. The van der Waals surface area contributed by atoms with Gasteiger partial charge in [0.25, 0.3) is 0 Å². The molecular weight excluding hydrogens is 262 g/mol. The van der Waals surface area contributed by atoms with Crippen LogP contribution in [0.5, 0.6) is 0 Å². The van der Waals surface area contributed by atoms with Crippen LogP contribution in [0, 0.1) is 0 Å². The molecule has 0 bridgehead atoms. The first-order valence-electron chi connectivity index (χ1n) is 6.60. The highest BCUT2D eigenvalue weighted by atomic mass is 35.5.